The summed E-state index contributed by atoms with van der Waals surface area (Å²) in [5, 5.41) is -0.407. The third-order valence-corrected chi connectivity index (χ3v) is 1.22. The second-order valence-corrected chi connectivity index (χ2v) is 1.98. The zero-order valence-electron chi connectivity index (χ0n) is 6.31. The zero-order valence-corrected chi connectivity index (χ0v) is 7.06. The molecule has 13 heavy (non-hydrogen) atoms. The summed E-state index contributed by atoms with van der Waals surface area (Å²) in [7, 11) is 0. The Labute approximate surface area is 77.2 Å². The van der Waals surface area contributed by atoms with Crippen molar-refractivity contribution < 1.29 is 23.6 Å². The van der Waals surface area contributed by atoms with Gasteiger partial charge in [-0.3, -0.25) is 23.6 Å². The number of hydrogen-bond acceptors (Lipinski definition) is 1. The Kier molecular flexibility index (Phi) is 19.0. The third-order valence-electron chi connectivity index (χ3n) is 1.00. The highest BCUT2D eigenvalue weighted by atomic mass is 35.5. The van der Waals surface area contributed by atoms with E-state index in [1.807, 2.05) is 6.07 Å². The van der Waals surface area contributed by atoms with Gasteiger partial charge in [0.15, 0.2) is 0 Å². The molecule has 0 N–H and O–H groups in total. The lowest BCUT2D eigenvalue weighted by molar-refractivity contribution is 0.108. The van der Waals surface area contributed by atoms with E-state index in [0.717, 1.165) is 0 Å². The summed E-state index contributed by atoms with van der Waals surface area (Å²) in [5.74, 6) is 0. The average molecular weight is 221 g/mol. The molecule has 0 unspecified atom stereocenters. The van der Waals surface area contributed by atoms with Crippen molar-refractivity contribution in [1.82, 2.24) is 0 Å². The van der Waals surface area contributed by atoms with Gasteiger partial charge in [0.1, 0.15) is 0 Å². The fourth-order valence-corrected chi connectivity index (χ4v) is 0.695. The topological polar surface area (TPSA) is 17.1 Å². The lowest BCUT2D eigenvalue weighted by atomic mass is 10.2. The van der Waals surface area contributed by atoms with Gasteiger partial charge in [-0.25, -0.2) is 0 Å². The average Bonchev–Trinajstić information content (AvgIpc) is 1.90. The van der Waals surface area contributed by atoms with Crippen molar-refractivity contribution in [1.29, 1.82) is 0 Å². The molecule has 1 aromatic carbocycles. The van der Waals surface area contributed by atoms with Crippen molar-refractivity contribution in [2.75, 3.05) is 0 Å². The third kappa shape index (κ3) is 7.27. The molecule has 0 fully saturated rings. The molecule has 6 heteroatoms. The molecule has 0 spiro atoms. The molecular formula is C7H9ClF4O. The standard InChI is InChI=1S/C7H5ClO.4FH/c8-7(9)6-4-2-1-3-5-6;;;;/h1-5H;4*1H. The van der Waals surface area contributed by atoms with Gasteiger partial charge in [-0.05, 0) is 11.6 Å². The molecular weight excluding hydrogens is 212 g/mol. The summed E-state index contributed by atoms with van der Waals surface area (Å²) in [6.45, 7) is 0. The van der Waals surface area contributed by atoms with E-state index in [4.69, 9.17) is 11.6 Å². The Morgan fingerprint density at radius 1 is 0.923 bits per heavy atom. The van der Waals surface area contributed by atoms with Crippen molar-refractivity contribution >= 4 is 16.8 Å². The first-order chi connectivity index (χ1) is 4.30. The Morgan fingerprint density at radius 2 is 1.31 bits per heavy atom. The highest BCUT2D eigenvalue weighted by Crippen LogP contribution is 2.01. The highest BCUT2D eigenvalue weighted by molar-refractivity contribution is 6.67. The van der Waals surface area contributed by atoms with E-state index >= 15 is 0 Å². The predicted octanol–water partition coefficient (Wildman–Crippen LogP) is 2.68. The van der Waals surface area contributed by atoms with Crippen LogP contribution in [0.15, 0.2) is 30.3 Å². The molecule has 0 saturated heterocycles. The predicted molar refractivity (Wildman–Crippen MR) is 46.6 cm³/mol. The van der Waals surface area contributed by atoms with E-state index in [1.54, 1.807) is 24.3 Å². The van der Waals surface area contributed by atoms with Gasteiger partial charge >= 0.3 is 0 Å². The summed E-state index contributed by atoms with van der Waals surface area (Å²) in [6.07, 6.45) is 0. The van der Waals surface area contributed by atoms with E-state index in [1.165, 1.54) is 0 Å². The van der Waals surface area contributed by atoms with Crippen LogP contribution in [0.1, 0.15) is 10.4 Å². The minimum absolute atomic E-state index is 0. The van der Waals surface area contributed by atoms with Gasteiger partial charge in [0.05, 0.1) is 0 Å². The number of benzene rings is 1. The molecule has 0 amide bonds. The Balaban J connectivity index is -0.000000101. The molecule has 0 aliphatic heterocycles. The van der Waals surface area contributed by atoms with Crippen LogP contribution in [0.25, 0.3) is 0 Å². The fraction of sp³-hybridized carbons (Fsp3) is 0. The summed E-state index contributed by atoms with van der Waals surface area (Å²) < 4.78 is 0. The molecule has 1 rings (SSSR count). The number of rotatable bonds is 1. The van der Waals surface area contributed by atoms with E-state index < -0.39 is 5.24 Å². The lowest BCUT2D eigenvalue weighted by Crippen LogP contribution is -1.84. The lowest BCUT2D eigenvalue weighted by Gasteiger charge is -1.87. The molecule has 0 bridgehead atoms. The first-order valence-electron chi connectivity index (χ1n) is 2.55. The molecule has 0 saturated carbocycles. The van der Waals surface area contributed by atoms with Crippen LogP contribution in [0.2, 0.25) is 0 Å². The normalized spacial score (nSPS) is 6.23. The number of hydrogen-bond donors (Lipinski definition) is 0. The van der Waals surface area contributed by atoms with Gasteiger partial charge in [0, 0.05) is 5.56 Å². The Morgan fingerprint density at radius 3 is 1.54 bits per heavy atom. The van der Waals surface area contributed by atoms with Crippen LogP contribution in [0, 0.1) is 0 Å². The van der Waals surface area contributed by atoms with Crippen molar-refractivity contribution in [2.45, 2.75) is 0 Å². The molecule has 0 aliphatic rings. The largest absolute Gasteiger partial charge is 0.276 e. The molecule has 78 valence electrons. The summed E-state index contributed by atoms with van der Waals surface area (Å²) in [5.41, 5.74) is 0.541. The quantitative estimate of drug-likeness (QED) is 0.525. The van der Waals surface area contributed by atoms with E-state index in [-0.39, 0.29) is 18.8 Å². The molecule has 0 aromatic heterocycles. The van der Waals surface area contributed by atoms with Gasteiger partial charge in [0.25, 0.3) is 5.24 Å². The zero-order chi connectivity index (χ0) is 6.69. The van der Waals surface area contributed by atoms with Crippen molar-refractivity contribution in [2.24, 2.45) is 0 Å². The van der Waals surface area contributed by atoms with Gasteiger partial charge in [-0.15, -0.1) is 0 Å². The summed E-state index contributed by atoms with van der Waals surface area (Å²) >= 11 is 5.16. The van der Waals surface area contributed by atoms with Crippen molar-refractivity contribution in [3.63, 3.8) is 0 Å². The monoisotopic (exact) mass is 220 g/mol. The minimum atomic E-state index is -0.407. The van der Waals surface area contributed by atoms with E-state index in [2.05, 4.69) is 0 Å². The van der Waals surface area contributed by atoms with Crippen LogP contribution in [-0.4, -0.2) is 5.24 Å². The second kappa shape index (κ2) is 10.9. The SMILES string of the molecule is F.F.F.F.O=C(Cl)c1ccccc1. The van der Waals surface area contributed by atoms with E-state index in [0.29, 0.717) is 5.56 Å². The smallest absolute Gasteiger partial charge is 0.252 e. The van der Waals surface area contributed by atoms with Gasteiger partial charge in [0.2, 0.25) is 0 Å². The van der Waals surface area contributed by atoms with Gasteiger partial charge in [-0.1, -0.05) is 30.3 Å². The molecule has 0 atom stereocenters. The first-order valence-corrected chi connectivity index (χ1v) is 2.93. The Hall–Kier alpha value is -1.10. The maximum atomic E-state index is 10.4. The molecule has 0 radical (unpaired) electrons. The molecule has 0 aliphatic carbocycles. The number of carbonyl (C=O) groups is 1. The van der Waals surface area contributed by atoms with Crippen molar-refractivity contribution in [3.8, 4) is 0 Å². The summed E-state index contributed by atoms with van der Waals surface area (Å²) in [6, 6.07) is 8.74. The van der Waals surface area contributed by atoms with Gasteiger partial charge < -0.3 is 0 Å². The van der Waals surface area contributed by atoms with Crippen LogP contribution in [-0.2, 0) is 0 Å². The summed E-state index contributed by atoms with van der Waals surface area (Å²) in [4.78, 5) is 10.4. The first kappa shape index (κ1) is 22.7. The van der Waals surface area contributed by atoms with Crippen LogP contribution in [0.4, 0.5) is 18.8 Å². The van der Waals surface area contributed by atoms with E-state index in [9.17, 15) is 4.79 Å². The molecule has 1 nitrogen and oxygen atoms in total. The van der Waals surface area contributed by atoms with Gasteiger partial charge in [-0.2, -0.15) is 0 Å². The number of carbonyl (C=O) groups excluding carboxylic acids is 1. The van der Waals surface area contributed by atoms with Crippen LogP contribution in [0.3, 0.4) is 0 Å². The minimum Gasteiger partial charge on any atom is -0.276 e. The second-order valence-electron chi connectivity index (χ2n) is 1.64. The molecule has 0 heterocycles. The van der Waals surface area contributed by atoms with Crippen LogP contribution < -0.4 is 0 Å². The Bertz CT molecular complexity index is 217. The van der Waals surface area contributed by atoms with Crippen molar-refractivity contribution in [3.05, 3.63) is 35.9 Å². The molecule has 1 aromatic rings. The highest BCUT2D eigenvalue weighted by Gasteiger charge is 1.95. The maximum Gasteiger partial charge on any atom is 0.252 e. The van der Waals surface area contributed by atoms with Crippen LogP contribution >= 0.6 is 11.6 Å². The maximum absolute atomic E-state index is 10.4. The van der Waals surface area contributed by atoms with Crippen LogP contribution in [0.5, 0.6) is 0 Å². The number of halogens is 5. The fourth-order valence-electron chi connectivity index (χ4n) is 0.569.